The van der Waals surface area contributed by atoms with Gasteiger partial charge in [-0.15, -0.1) is 0 Å². The van der Waals surface area contributed by atoms with E-state index in [1.165, 1.54) is 32.1 Å². The van der Waals surface area contributed by atoms with Gasteiger partial charge < -0.3 is 9.47 Å². The average Bonchev–Trinajstić information content (AvgIpc) is 2.43. The van der Waals surface area contributed by atoms with Crippen molar-refractivity contribution in [2.45, 2.75) is 62.1 Å². The Morgan fingerprint density at radius 1 is 1.19 bits per heavy atom. The minimum atomic E-state index is 0.255. The molecule has 0 aromatic heterocycles. The number of rotatable bonds is 5. The summed E-state index contributed by atoms with van der Waals surface area (Å²) in [7, 11) is 1.76. The molecule has 0 heterocycles. The molecule has 0 aromatic carbocycles. The fraction of sp³-hybridized carbons (Fsp3) is 1.00. The van der Waals surface area contributed by atoms with E-state index >= 15 is 0 Å². The third kappa shape index (κ3) is 4.88. The second kappa shape index (κ2) is 7.88. The lowest BCUT2D eigenvalue weighted by atomic mass is 10.1. The number of hydrogen-bond acceptors (Lipinski definition) is 2. The Hall–Kier alpha value is 0.650. The Kier molecular flexibility index (Phi) is 7.24. The van der Waals surface area contributed by atoms with Crippen molar-refractivity contribution < 1.29 is 9.47 Å². The first-order valence-corrected chi connectivity index (χ1v) is 7.68. The summed E-state index contributed by atoms with van der Waals surface area (Å²) in [5.41, 5.74) is 0. The molecule has 1 fully saturated rings. The summed E-state index contributed by atoms with van der Waals surface area (Å²) >= 11 is 2.56. The molecular weight excluding hydrogens is 315 g/mol. The third-order valence-corrected chi connectivity index (χ3v) is 4.72. The second-order valence-corrected chi connectivity index (χ2v) is 6.67. The first-order chi connectivity index (χ1) is 7.65. The van der Waals surface area contributed by atoms with E-state index in [9.17, 15) is 0 Å². The SMILES string of the molecule is COCC(OC1CCCCCC1I)C(C)C. The van der Waals surface area contributed by atoms with Crippen LogP contribution >= 0.6 is 22.6 Å². The number of halogens is 1. The molecule has 1 saturated carbocycles. The van der Waals surface area contributed by atoms with E-state index in [0.717, 1.165) is 6.61 Å². The van der Waals surface area contributed by atoms with E-state index in [1.807, 2.05) is 0 Å². The normalized spacial score (nSPS) is 29.1. The fourth-order valence-electron chi connectivity index (χ4n) is 2.16. The monoisotopic (exact) mass is 340 g/mol. The smallest absolute Gasteiger partial charge is 0.0835 e. The molecule has 16 heavy (non-hydrogen) atoms. The Bertz CT molecular complexity index is 185. The van der Waals surface area contributed by atoms with Crippen molar-refractivity contribution in [2.24, 2.45) is 5.92 Å². The van der Waals surface area contributed by atoms with Gasteiger partial charge in [-0.2, -0.15) is 0 Å². The molecule has 2 nitrogen and oxygen atoms in total. The second-order valence-electron chi connectivity index (χ2n) is 5.07. The predicted molar refractivity (Wildman–Crippen MR) is 76.3 cm³/mol. The highest BCUT2D eigenvalue weighted by Crippen LogP contribution is 2.28. The minimum Gasteiger partial charge on any atom is -0.382 e. The van der Waals surface area contributed by atoms with Gasteiger partial charge in [0.25, 0.3) is 0 Å². The summed E-state index contributed by atoms with van der Waals surface area (Å²) in [6, 6.07) is 0. The maximum Gasteiger partial charge on any atom is 0.0835 e. The number of methoxy groups -OCH3 is 1. The highest BCUT2D eigenvalue weighted by Gasteiger charge is 2.26. The highest BCUT2D eigenvalue weighted by molar-refractivity contribution is 14.1. The van der Waals surface area contributed by atoms with Gasteiger partial charge in [0.05, 0.1) is 18.8 Å². The van der Waals surface area contributed by atoms with Crippen molar-refractivity contribution in [3.8, 4) is 0 Å². The molecule has 1 aliphatic rings. The zero-order valence-corrected chi connectivity index (χ0v) is 12.9. The molecule has 0 spiro atoms. The summed E-state index contributed by atoms with van der Waals surface area (Å²) in [6.45, 7) is 5.14. The van der Waals surface area contributed by atoms with E-state index in [-0.39, 0.29) is 6.10 Å². The van der Waals surface area contributed by atoms with Crippen LogP contribution in [0, 0.1) is 5.92 Å². The van der Waals surface area contributed by atoms with Gasteiger partial charge in [0, 0.05) is 11.0 Å². The largest absolute Gasteiger partial charge is 0.382 e. The van der Waals surface area contributed by atoms with E-state index in [0.29, 0.717) is 15.9 Å². The lowest BCUT2D eigenvalue weighted by molar-refractivity contribution is -0.0701. The van der Waals surface area contributed by atoms with E-state index in [1.54, 1.807) is 7.11 Å². The van der Waals surface area contributed by atoms with Crippen LogP contribution in [0.2, 0.25) is 0 Å². The van der Waals surface area contributed by atoms with Crippen molar-refractivity contribution >= 4 is 22.6 Å². The van der Waals surface area contributed by atoms with Gasteiger partial charge in [-0.05, 0) is 18.8 Å². The molecule has 0 bridgehead atoms. The topological polar surface area (TPSA) is 18.5 Å². The Morgan fingerprint density at radius 2 is 1.88 bits per heavy atom. The number of alkyl halides is 1. The minimum absolute atomic E-state index is 0.255. The van der Waals surface area contributed by atoms with Crippen molar-refractivity contribution in [1.82, 2.24) is 0 Å². The number of hydrogen-bond donors (Lipinski definition) is 0. The van der Waals surface area contributed by atoms with Gasteiger partial charge in [0.2, 0.25) is 0 Å². The molecule has 0 amide bonds. The van der Waals surface area contributed by atoms with Crippen molar-refractivity contribution in [3.63, 3.8) is 0 Å². The summed E-state index contributed by atoms with van der Waals surface area (Å²) in [4.78, 5) is 0. The molecule has 96 valence electrons. The molecule has 1 rings (SSSR count). The molecule has 0 radical (unpaired) electrons. The molecule has 0 saturated heterocycles. The van der Waals surface area contributed by atoms with Crippen LogP contribution in [0.4, 0.5) is 0 Å². The van der Waals surface area contributed by atoms with Crippen molar-refractivity contribution in [1.29, 1.82) is 0 Å². The standard InChI is InChI=1S/C13H25IO2/c1-10(2)13(9-15-3)16-12-8-6-4-5-7-11(12)14/h10-13H,4-9H2,1-3H3. The van der Waals surface area contributed by atoms with Gasteiger partial charge in [-0.3, -0.25) is 0 Å². The Labute approximate surface area is 114 Å². The van der Waals surface area contributed by atoms with E-state index in [2.05, 4.69) is 36.4 Å². The summed E-state index contributed by atoms with van der Waals surface area (Å²) < 4.78 is 12.2. The first kappa shape index (κ1) is 14.7. The van der Waals surface area contributed by atoms with E-state index < -0.39 is 0 Å². The molecule has 0 aromatic rings. The molecule has 3 atom stereocenters. The van der Waals surface area contributed by atoms with Crippen LogP contribution in [0.3, 0.4) is 0 Å². The van der Waals surface area contributed by atoms with Crippen LogP contribution in [-0.2, 0) is 9.47 Å². The van der Waals surface area contributed by atoms with Crippen LogP contribution in [0.1, 0.15) is 46.0 Å². The Morgan fingerprint density at radius 3 is 2.50 bits per heavy atom. The van der Waals surface area contributed by atoms with Crippen LogP contribution in [0.25, 0.3) is 0 Å². The predicted octanol–water partition coefficient (Wildman–Crippen LogP) is 3.81. The fourth-order valence-corrected chi connectivity index (χ4v) is 3.13. The number of ether oxygens (including phenoxy) is 2. The zero-order valence-electron chi connectivity index (χ0n) is 10.7. The lowest BCUT2D eigenvalue weighted by Gasteiger charge is -2.29. The maximum atomic E-state index is 6.25. The average molecular weight is 340 g/mol. The van der Waals surface area contributed by atoms with Gasteiger partial charge in [-0.1, -0.05) is 55.7 Å². The van der Waals surface area contributed by atoms with Gasteiger partial charge in [0.1, 0.15) is 0 Å². The zero-order chi connectivity index (χ0) is 12.0. The molecule has 3 unspecified atom stereocenters. The molecule has 1 aliphatic carbocycles. The Balaban J connectivity index is 2.47. The quantitative estimate of drug-likeness (QED) is 0.430. The van der Waals surface area contributed by atoms with Gasteiger partial charge in [-0.25, -0.2) is 0 Å². The summed E-state index contributed by atoms with van der Waals surface area (Å²) in [5.74, 6) is 0.534. The van der Waals surface area contributed by atoms with Crippen LogP contribution in [0.5, 0.6) is 0 Å². The first-order valence-electron chi connectivity index (χ1n) is 6.43. The van der Waals surface area contributed by atoms with E-state index in [4.69, 9.17) is 9.47 Å². The highest BCUT2D eigenvalue weighted by atomic mass is 127. The molecule has 0 N–H and O–H groups in total. The van der Waals surface area contributed by atoms with Crippen LogP contribution in [-0.4, -0.2) is 29.8 Å². The van der Waals surface area contributed by atoms with Crippen LogP contribution < -0.4 is 0 Å². The molecule has 0 aliphatic heterocycles. The lowest BCUT2D eigenvalue weighted by Crippen LogP contribution is -2.34. The maximum absolute atomic E-state index is 6.25. The van der Waals surface area contributed by atoms with Crippen molar-refractivity contribution in [2.75, 3.05) is 13.7 Å². The molecule has 3 heteroatoms. The van der Waals surface area contributed by atoms with Gasteiger partial charge in [0.15, 0.2) is 0 Å². The van der Waals surface area contributed by atoms with Crippen LogP contribution in [0.15, 0.2) is 0 Å². The molecular formula is C13H25IO2. The summed E-state index contributed by atoms with van der Waals surface area (Å²) in [6.07, 6.45) is 7.28. The summed E-state index contributed by atoms with van der Waals surface area (Å²) in [5, 5.41) is 0. The van der Waals surface area contributed by atoms with Crippen molar-refractivity contribution in [3.05, 3.63) is 0 Å². The third-order valence-electron chi connectivity index (χ3n) is 3.30. The van der Waals surface area contributed by atoms with Gasteiger partial charge >= 0.3 is 0 Å².